The smallest absolute Gasteiger partial charge is 0.253 e. The van der Waals surface area contributed by atoms with E-state index in [0.717, 1.165) is 34.2 Å². The summed E-state index contributed by atoms with van der Waals surface area (Å²) in [6, 6.07) is 22.2. The SMILES string of the molecule is O=C(c1ccc2noc(-c3ccccc3)c2c1)N1CCSC(c2ccccc2F)CC1. The molecule has 1 unspecified atom stereocenters. The summed E-state index contributed by atoms with van der Waals surface area (Å²) in [5, 5.41) is 5.02. The van der Waals surface area contributed by atoms with E-state index in [1.54, 1.807) is 23.9 Å². The number of halogens is 1. The first-order valence-corrected chi connectivity index (χ1v) is 11.4. The molecule has 1 amide bonds. The van der Waals surface area contributed by atoms with Crippen molar-refractivity contribution in [3.63, 3.8) is 0 Å². The fourth-order valence-corrected chi connectivity index (χ4v) is 5.27. The highest BCUT2D eigenvalue weighted by molar-refractivity contribution is 7.99. The number of thioether (sulfide) groups is 1. The molecule has 0 aliphatic carbocycles. The first-order valence-electron chi connectivity index (χ1n) is 10.3. The Balaban J connectivity index is 1.38. The van der Waals surface area contributed by atoms with E-state index in [9.17, 15) is 9.18 Å². The molecule has 3 aromatic carbocycles. The Morgan fingerprint density at radius 3 is 2.68 bits per heavy atom. The number of rotatable bonds is 3. The largest absolute Gasteiger partial charge is 0.355 e. The molecule has 1 aliphatic rings. The monoisotopic (exact) mass is 432 g/mol. The minimum absolute atomic E-state index is 0.0168. The van der Waals surface area contributed by atoms with Crippen LogP contribution in [0.2, 0.25) is 0 Å². The Kier molecular flexibility index (Phi) is 5.47. The Labute approximate surface area is 184 Å². The van der Waals surface area contributed by atoms with Gasteiger partial charge in [-0.1, -0.05) is 53.7 Å². The third kappa shape index (κ3) is 3.95. The Bertz CT molecular complexity index is 1220. The van der Waals surface area contributed by atoms with E-state index >= 15 is 0 Å². The van der Waals surface area contributed by atoms with Gasteiger partial charge in [0.15, 0.2) is 5.76 Å². The molecule has 0 radical (unpaired) electrons. The number of fused-ring (bicyclic) bond motifs is 1. The highest BCUT2D eigenvalue weighted by Crippen LogP contribution is 2.36. The second-order valence-corrected chi connectivity index (χ2v) is 8.88. The normalized spacial score (nSPS) is 16.9. The fraction of sp³-hybridized carbons (Fsp3) is 0.200. The van der Waals surface area contributed by atoms with Gasteiger partial charge < -0.3 is 9.42 Å². The molecule has 4 nitrogen and oxygen atoms in total. The lowest BCUT2D eigenvalue weighted by molar-refractivity contribution is 0.0766. The van der Waals surface area contributed by atoms with Crippen molar-refractivity contribution in [2.75, 3.05) is 18.8 Å². The minimum Gasteiger partial charge on any atom is -0.355 e. The first-order chi connectivity index (χ1) is 15.2. The minimum atomic E-state index is -0.175. The molecular formula is C25H21FN2O2S. The molecule has 1 aliphatic heterocycles. The lowest BCUT2D eigenvalue weighted by Gasteiger charge is -2.20. The molecule has 1 atom stereocenters. The summed E-state index contributed by atoms with van der Waals surface area (Å²) in [6.07, 6.45) is 0.724. The third-order valence-electron chi connectivity index (χ3n) is 5.64. The van der Waals surface area contributed by atoms with Gasteiger partial charge in [0.1, 0.15) is 11.3 Å². The summed E-state index contributed by atoms with van der Waals surface area (Å²) in [5.74, 6) is 1.24. The van der Waals surface area contributed by atoms with E-state index in [4.69, 9.17) is 4.52 Å². The van der Waals surface area contributed by atoms with E-state index in [-0.39, 0.29) is 17.0 Å². The van der Waals surface area contributed by atoms with Crippen LogP contribution in [0, 0.1) is 5.82 Å². The first kappa shape index (κ1) is 19.8. The van der Waals surface area contributed by atoms with Crippen molar-refractivity contribution in [3.05, 3.63) is 89.7 Å². The van der Waals surface area contributed by atoms with Gasteiger partial charge in [-0.15, -0.1) is 0 Å². The van der Waals surface area contributed by atoms with Crippen molar-refractivity contribution < 1.29 is 13.7 Å². The van der Waals surface area contributed by atoms with Gasteiger partial charge in [-0.2, -0.15) is 11.8 Å². The van der Waals surface area contributed by atoms with Crippen molar-refractivity contribution in [1.29, 1.82) is 0 Å². The Hall–Kier alpha value is -3.12. The Morgan fingerprint density at radius 1 is 1.03 bits per heavy atom. The molecule has 1 saturated heterocycles. The average molecular weight is 433 g/mol. The van der Waals surface area contributed by atoms with Crippen molar-refractivity contribution in [1.82, 2.24) is 10.1 Å². The van der Waals surface area contributed by atoms with Crippen LogP contribution in [0.25, 0.3) is 22.2 Å². The fourth-order valence-electron chi connectivity index (χ4n) is 4.01. The molecule has 0 saturated carbocycles. The number of hydrogen-bond donors (Lipinski definition) is 0. The maximum atomic E-state index is 14.2. The van der Waals surface area contributed by atoms with Crippen LogP contribution in [0.3, 0.4) is 0 Å². The van der Waals surface area contributed by atoms with Crippen LogP contribution < -0.4 is 0 Å². The molecule has 0 spiro atoms. The van der Waals surface area contributed by atoms with Crippen LogP contribution in [0.4, 0.5) is 4.39 Å². The number of carbonyl (C=O) groups excluding carboxylic acids is 1. The molecule has 6 heteroatoms. The van der Waals surface area contributed by atoms with Gasteiger partial charge in [0.2, 0.25) is 0 Å². The van der Waals surface area contributed by atoms with Crippen molar-refractivity contribution in [2.45, 2.75) is 11.7 Å². The van der Waals surface area contributed by atoms with E-state index in [2.05, 4.69) is 5.16 Å². The summed E-state index contributed by atoms with van der Waals surface area (Å²) in [4.78, 5) is 15.1. The summed E-state index contributed by atoms with van der Waals surface area (Å²) in [5.41, 5.74) is 2.98. The Morgan fingerprint density at radius 2 is 1.84 bits per heavy atom. The zero-order valence-corrected chi connectivity index (χ0v) is 17.6. The van der Waals surface area contributed by atoms with E-state index in [0.29, 0.717) is 24.4 Å². The molecule has 1 fully saturated rings. The maximum absolute atomic E-state index is 14.2. The van der Waals surface area contributed by atoms with Crippen molar-refractivity contribution >= 4 is 28.6 Å². The number of benzene rings is 3. The van der Waals surface area contributed by atoms with E-state index in [1.807, 2.05) is 59.5 Å². The van der Waals surface area contributed by atoms with Gasteiger partial charge in [0.25, 0.3) is 5.91 Å². The van der Waals surface area contributed by atoms with Crippen molar-refractivity contribution in [2.24, 2.45) is 0 Å². The molecule has 4 aromatic rings. The topological polar surface area (TPSA) is 46.3 Å². The van der Waals surface area contributed by atoms with Crippen LogP contribution in [0.1, 0.15) is 27.6 Å². The highest BCUT2D eigenvalue weighted by Gasteiger charge is 2.25. The number of nitrogens with zero attached hydrogens (tertiary/aromatic N) is 2. The van der Waals surface area contributed by atoms with Gasteiger partial charge in [-0.05, 0) is 30.7 Å². The maximum Gasteiger partial charge on any atom is 0.253 e. The van der Waals surface area contributed by atoms with E-state index < -0.39 is 0 Å². The molecule has 1 aromatic heterocycles. The quantitative estimate of drug-likeness (QED) is 0.401. The number of amides is 1. The van der Waals surface area contributed by atoms with Gasteiger partial charge in [-0.25, -0.2) is 4.39 Å². The number of hydrogen-bond acceptors (Lipinski definition) is 4. The standard InChI is InChI=1S/C25H21FN2O2S/c26-21-9-5-4-8-19(21)23-12-13-28(14-15-31-23)25(29)18-10-11-22-20(16-18)24(30-27-22)17-6-2-1-3-7-17/h1-11,16,23H,12-15H2. The zero-order chi connectivity index (χ0) is 21.2. The predicted octanol–water partition coefficient (Wildman–Crippen LogP) is 5.95. The summed E-state index contributed by atoms with van der Waals surface area (Å²) < 4.78 is 19.8. The average Bonchev–Trinajstić information content (AvgIpc) is 3.08. The third-order valence-corrected chi connectivity index (χ3v) is 6.95. The van der Waals surface area contributed by atoms with Crippen LogP contribution in [-0.2, 0) is 0 Å². The van der Waals surface area contributed by atoms with Crippen LogP contribution in [-0.4, -0.2) is 34.8 Å². The highest BCUT2D eigenvalue weighted by atomic mass is 32.2. The van der Waals surface area contributed by atoms with Gasteiger partial charge in [-0.3, -0.25) is 4.79 Å². The lowest BCUT2D eigenvalue weighted by Crippen LogP contribution is -2.32. The molecule has 156 valence electrons. The summed E-state index contributed by atoms with van der Waals surface area (Å²) in [6.45, 7) is 1.24. The lowest BCUT2D eigenvalue weighted by atomic mass is 10.1. The van der Waals surface area contributed by atoms with E-state index in [1.165, 1.54) is 6.07 Å². The summed E-state index contributed by atoms with van der Waals surface area (Å²) >= 11 is 1.71. The second kappa shape index (κ2) is 8.55. The molecular weight excluding hydrogens is 411 g/mol. The molecule has 2 heterocycles. The van der Waals surface area contributed by atoms with Crippen molar-refractivity contribution in [3.8, 4) is 11.3 Å². The molecule has 0 N–H and O–H groups in total. The predicted molar refractivity (Wildman–Crippen MR) is 122 cm³/mol. The molecule has 31 heavy (non-hydrogen) atoms. The molecule has 5 rings (SSSR count). The number of aromatic nitrogens is 1. The summed E-state index contributed by atoms with van der Waals surface area (Å²) in [7, 11) is 0. The van der Waals surface area contributed by atoms with Gasteiger partial charge in [0.05, 0.1) is 5.39 Å². The zero-order valence-electron chi connectivity index (χ0n) is 16.8. The second-order valence-electron chi connectivity index (χ2n) is 7.57. The van der Waals surface area contributed by atoms with Crippen LogP contribution >= 0.6 is 11.8 Å². The number of carbonyl (C=O) groups is 1. The van der Waals surface area contributed by atoms with Gasteiger partial charge in [0, 0.05) is 40.8 Å². The van der Waals surface area contributed by atoms with Gasteiger partial charge >= 0.3 is 0 Å². The van der Waals surface area contributed by atoms with Crippen LogP contribution in [0.15, 0.2) is 77.3 Å². The van der Waals surface area contributed by atoms with Crippen LogP contribution in [0.5, 0.6) is 0 Å². The molecule has 0 bridgehead atoms.